The van der Waals surface area contributed by atoms with Crippen molar-refractivity contribution in [1.29, 1.82) is 0 Å². The maximum absolute atomic E-state index is 11.0. The zero-order valence-electron chi connectivity index (χ0n) is 6.93. The predicted molar refractivity (Wildman–Crippen MR) is 44.4 cm³/mol. The number of hydrogen-bond donors (Lipinski definition) is 0. The minimum atomic E-state index is -1.56. The van der Waals surface area contributed by atoms with Gasteiger partial charge in [-0.3, -0.25) is 4.79 Å². The molecule has 0 saturated heterocycles. The molecule has 0 amide bonds. The molecule has 0 aliphatic carbocycles. The van der Waals surface area contributed by atoms with Crippen molar-refractivity contribution in [1.82, 2.24) is 0 Å². The third kappa shape index (κ3) is 2.16. The van der Waals surface area contributed by atoms with Crippen LogP contribution in [0, 0.1) is 0 Å². The Hall–Kier alpha value is -2.17. The van der Waals surface area contributed by atoms with Gasteiger partial charge < -0.3 is 14.3 Å². The van der Waals surface area contributed by atoms with Gasteiger partial charge in [-0.25, -0.2) is 4.79 Å². The molecule has 0 unspecified atom stereocenters. The third-order valence-corrected chi connectivity index (χ3v) is 1.41. The Morgan fingerprint density at radius 2 is 2.14 bits per heavy atom. The maximum Gasteiger partial charge on any atom is 0.343 e. The van der Waals surface area contributed by atoms with Crippen LogP contribution in [0.1, 0.15) is 16.1 Å². The largest absolute Gasteiger partial charge is 0.542 e. The summed E-state index contributed by atoms with van der Waals surface area (Å²) in [5, 5.41) is 10.3. The molecule has 1 aromatic rings. The number of aromatic carboxylic acids is 1. The van der Waals surface area contributed by atoms with Crippen LogP contribution in [0.5, 0.6) is 0 Å². The van der Waals surface area contributed by atoms with Crippen molar-refractivity contribution in [3.05, 3.63) is 40.0 Å². The molecule has 0 saturated carbocycles. The van der Waals surface area contributed by atoms with Gasteiger partial charge in [0.05, 0.1) is 5.56 Å². The van der Waals surface area contributed by atoms with Crippen molar-refractivity contribution in [3.8, 4) is 0 Å². The summed E-state index contributed by atoms with van der Waals surface area (Å²) in [7, 11) is 0. The zero-order valence-corrected chi connectivity index (χ0v) is 6.93. The molecule has 1 aromatic heterocycles. The van der Waals surface area contributed by atoms with Gasteiger partial charge in [-0.2, -0.15) is 0 Å². The number of hydrogen-bond acceptors (Lipinski definition) is 5. The van der Waals surface area contributed by atoms with Crippen LogP contribution >= 0.6 is 0 Å². The summed E-state index contributed by atoms with van der Waals surface area (Å²) in [6.07, 6.45) is 2.81. The molecule has 0 aromatic carbocycles. The molecule has 14 heavy (non-hydrogen) atoms. The van der Waals surface area contributed by atoms with Gasteiger partial charge in [-0.15, -0.1) is 0 Å². The fraction of sp³-hybridized carbons (Fsp3) is 0. The van der Waals surface area contributed by atoms with Crippen molar-refractivity contribution in [3.63, 3.8) is 0 Å². The third-order valence-electron chi connectivity index (χ3n) is 1.41. The van der Waals surface area contributed by atoms with E-state index >= 15 is 0 Å². The van der Waals surface area contributed by atoms with Crippen molar-refractivity contribution < 1.29 is 19.1 Å². The lowest BCUT2D eigenvalue weighted by atomic mass is 10.2. The second kappa shape index (κ2) is 4.18. The van der Waals surface area contributed by atoms with Crippen molar-refractivity contribution in [2.75, 3.05) is 0 Å². The fourth-order valence-electron chi connectivity index (χ4n) is 0.803. The molecule has 5 nitrogen and oxygen atoms in total. The van der Waals surface area contributed by atoms with E-state index in [1.54, 1.807) is 0 Å². The van der Waals surface area contributed by atoms with Crippen molar-refractivity contribution in [2.45, 2.75) is 0 Å². The summed E-state index contributed by atoms with van der Waals surface area (Å²) in [6, 6.07) is 2.32. The second-order valence-electron chi connectivity index (χ2n) is 2.33. The second-order valence-corrected chi connectivity index (χ2v) is 2.33. The molecular formula is C9H5O5-. The standard InChI is InChI=1S/C9H6O5/c10-5-1-2-6-3-4-7(8(11)12)14-9(6)13/h1-5H,(H,11,12)/p-1/b2-1+. The van der Waals surface area contributed by atoms with E-state index in [-0.39, 0.29) is 5.56 Å². The fourth-order valence-corrected chi connectivity index (χ4v) is 0.803. The summed E-state index contributed by atoms with van der Waals surface area (Å²) >= 11 is 0. The van der Waals surface area contributed by atoms with Crippen LogP contribution in [-0.4, -0.2) is 12.3 Å². The van der Waals surface area contributed by atoms with Gasteiger partial charge in [0.15, 0.2) is 5.76 Å². The molecule has 1 rings (SSSR count). The number of carbonyl (C=O) groups is 2. The van der Waals surface area contributed by atoms with Gasteiger partial charge in [0.2, 0.25) is 0 Å². The number of aldehydes is 1. The van der Waals surface area contributed by atoms with Crippen LogP contribution < -0.4 is 10.7 Å². The van der Waals surface area contributed by atoms with Crippen LogP contribution in [0.25, 0.3) is 6.08 Å². The van der Waals surface area contributed by atoms with Crippen molar-refractivity contribution in [2.24, 2.45) is 0 Å². The summed E-state index contributed by atoms with van der Waals surface area (Å²) in [6.45, 7) is 0. The first-order chi connectivity index (χ1) is 6.65. The van der Waals surface area contributed by atoms with Crippen LogP contribution in [-0.2, 0) is 4.79 Å². The highest BCUT2D eigenvalue weighted by Crippen LogP contribution is 1.99. The highest BCUT2D eigenvalue weighted by molar-refractivity contribution is 5.82. The topological polar surface area (TPSA) is 87.4 Å². The highest BCUT2D eigenvalue weighted by atomic mass is 16.4. The number of carboxylic acids is 1. The molecule has 0 N–H and O–H groups in total. The Bertz CT molecular complexity index is 441. The van der Waals surface area contributed by atoms with E-state index in [4.69, 9.17) is 0 Å². The maximum atomic E-state index is 11.0. The Labute approximate surface area is 78.3 Å². The summed E-state index contributed by atoms with van der Waals surface area (Å²) < 4.78 is 4.38. The number of allylic oxidation sites excluding steroid dienone is 1. The van der Waals surface area contributed by atoms with Gasteiger partial charge in [-0.05, 0) is 24.3 Å². The SMILES string of the molecule is O=C/C=C/c1ccc(C(=O)[O-])oc1=O. The average molecular weight is 193 g/mol. The Balaban J connectivity index is 3.14. The molecule has 1 heterocycles. The van der Waals surface area contributed by atoms with Gasteiger partial charge in [0, 0.05) is 0 Å². The van der Waals surface area contributed by atoms with Gasteiger partial charge in [0.1, 0.15) is 12.3 Å². The van der Waals surface area contributed by atoms with Gasteiger partial charge >= 0.3 is 5.63 Å². The summed E-state index contributed by atoms with van der Waals surface area (Å²) in [5.74, 6) is -2.11. The molecule has 0 fully saturated rings. The first-order valence-corrected chi connectivity index (χ1v) is 3.62. The quantitative estimate of drug-likeness (QED) is 0.464. The van der Waals surface area contributed by atoms with Crippen molar-refractivity contribution >= 4 is 18.3 Å². The van der Waals surface area contributed by atoms with E-state index in [1.807, 2.05) is 0 Å². The highest BCUT2D eigenvalue weighted by Gasteiger charge is 2.00. The van der Waals surface area contributed by atoms with E-state index < -0.39 is 17.4 Å². The minimum absolute atomic E-state index is 0.0992. The van der Waals surface area contributed by atoms with Crippen LogP contribution in [0.3, 0.4) is 0 Å². The lowest BCUT2D eigenvalue weighted by Gasteiger charge is -1.99. The minimum Gasteiger partial charge on any atom is -0.542 e. The molecule has 5 heteroatoms. The lowest BCUT2D eigenvalue weighted by Crippen LogP contribution is -2.23. The molecule has 0 aliphatic rings. The van der Waals surface area contributed by atoms with Crippen LogP contribution in [0.2, 0.25) is 0 Å². The molecule has 72 valence electrons. The molecule has 0 radical (unpaired) electrons. The lowest BCUT2D eigenvalue weighted by molar-refractivity contribution is -0.257. The van der Waals surface area contributed by atoms with Crippen LogP contribution in [0.4, 0.5) is 0 Å². The van der Waals surface area contributed by atoms with Gasteiger partial charge in [-0.1, -0.05) is 0 Å². The predicted octanol–water partition coefficient (Wildman–Crippen LogP) is -0.785. The number of rotatable bonds is 3. The molecule has 0 spiro atoms. The first-order valence-electron chi connectivity index (χ1n) is 3.62. The monoisotopic (exact) mass is 193 g/mol. The summed E-state index contributed by atoms with van der Waals surface area (Å²) in [4.78, 5) is 31.2. The van der Waals surface area contributed by atoms with E-state index in [1.165, 1.54) is 12.1 Å². The molecule has 0 atom stereocenters. The Morgan fingerprint density at radius 1 is 1.43 bits per heavy atom. The number of carboxylic acid groups (broad SMARTS) is 1. The Kier molecular flexibility index (Phi) is 2.96. The van der Waals surface area contributed by atoms with E-state index in [0.717, 1.165) is 12.1 Å². The zero-order chi connectivity index (χ0) is 10.6. The molecule has 0 bridgehead atoms. The molecular weight excluding hydrogens is 188 g/mol. The van der Waals surface area contributed by atoms with E-state index in [0.29, 0.717) is 6.29 Å². The summed E-state index contributed by atoms with van der Waals surface area (Å²) in [5.41, 5.74) is -0.730. The Morgan fingerprint density at radius 3 is 2.64 bits per heavy atom. The number of carbonyl (C=O) groups excluding carboxylic acids is 2. The van der Waals surface area contributed by atoms with E-state index in [9.17, 15) is 19.5 Å². The van der Waals surface area contributed by atoms with E-state index in [2.05, 4.69) is 4.42 Å². The average Bonchev–Trinajstić information content (AvgIpc) is 2.15. The molecule has 0 aliphatic heterocycles. The van der Waals surface area contributed by atoms with Gasteiger partial charge in [0.25, 0.3) is 0 Å². The smallest absolute Gasteiger partial charge is 0.343 e. The first kappa shape index (κ1) is 9.91. The normalized spacial score (nSPS) is 10.3. The van der Waals surface area contributed by atoms with Crippen LogP contribution in [0.15, 0.2) is 27.4 Å².